The number of aromatic nitrogens is 2. The zero-order valence-corrected chi connectivity index (χ0v) is 11.7. The molecule has 0 radical (unpaired) electrons. The molecule has 6 nitrogen and oxygen atoms in total. The summed E-state index contributed by atoms with van der Waals surface area (Å²) >= 11 is 6.14. The summed E-state index contributed by atoms with van der Waals surface area (Å²) in [6.07, 6.45) is 3.17. The maximum atomic E-state index is 11.4. The van der Waals surface area contributed by atoms with Crippen LogP contribution in [0.3, 0.4) is 0 Å². The number of hydrogen-bond donors (Lipinski definition) is 1. The van der Waals surface area contributed by atoms with Crippen LogP contribution in [0.4, 0.5) is 5.82 Å². The van der Waals surface area contributed by atoms with Crippen LogP contribution in [0.25, 0.3) is 0 Å². The molecule has 1 aliphatic rings. The number of anilines is 1. The summed E-state index contributed by atoms with van der Waals surface area (Å²) in [4.78, 5) is 21.6. The van der Waals surface area contributed by atoms with Crippen molar-refractivity contribution in [3.63, 3.8) is 0 Å². The van der Waals surface area contributed by atoms with Crippen LogP contribution >= 0.6 is 11.6 Å². The van der Waals surface area contributed by atoms with E-state index >= 15 is 0 Å². The van der Waals surface area contributed by atoms with Gasteiger partial charge < -0.3 is 15.4 Å². The fraction of sp³-hybridized carbons (Fsp3) is 0.583. The number of primary amides is 1. The van der Waals surface area contributed by atoms with E-state index in [0.717, 1.165) is 12.8 Å². The Morgan fingerprint density at radius 3 is 2.95 bits per heavy atom. The SMILES string of the molecule is COc1ncc(Cl)c(N2C[C@H](C(N)=O)CC[C@H]2C)n1. The van der Waals surface area contributed by atoms with Crippen LogP contribution < -0.4 is 15.4 Å². The third-order valence-electron chi connectivity index (χ3n) is 3.44. The molecule has 1 amide bonds. The van der Waals surface area contributed by atoms with Gasteiger partial charge in [-0.2, -0.15) is 4.98 Å². The molecule has 19 heavy (non-hydrogen) atoms. The average molecular weight is 285 g/mol. The molecule has 1 fully saturated rings. The van der Waals surface area contributed by atoms with E-state index < -0.39 is 0 Å². The highest BCUT2D eigenvalue weighted by atomic mass is 35.5. The Kier molecular flexibility index (Phi) is 4.09. The normalized spacial score (nSPS) is 23.2. The Hall–Kier alpha value is -1.56. The van der Waals surface area contributed by atoms with Gasteiger partial charge in [-0.05, 0) is 19.8 Å². The number of hydrogen-bond acceptors (Lipinski definition) is 5. The van der Waals surface area contributed by atoms with Crippen molar-refractivity contribution in [1.82, 2.24) is 9.97 Å². The van der Waals surface area contributed by atoms with Crippen molar-refractivity contribution in [2.24, 2.45) is 11.7 Å². The second-order valence-electron chi connectivity index (χ2n) is 4.71. The predicted molar refractivity (Wildman–Crippen MR) is 72.3 cm³/mol. The first-order chi connectivity index (χ1) is 9.02. The third-order valence-corrected chi connectivity index (χ3v) is 3.71. The van der Waals surface area contributed by atoms with Crippen molar-refractivity contribution in [2.45, 2.75) is 25.8 Å². The second kappa shape index (κ2) is 5.61. The molecule has 0 spiro atoms. The van der Waals surface area contributed by atoms with E-state index in [0.29, 0.717) is 17.4 Å². The van der Waals surface area contributed by atoms with Gasteiger partial charge in [-0.3, -0.25) is 4.79 Å². The van der Waals surface area contributed by atoms with Gasteiger partial charge in [-0.15, -0.1) is 0 Å². The zero-order valence-electron chi connectivity index (χ0n) is 11.0. The molecule has 0 saturated carbocycles. The van der Waals surface area contributed by atoms with E-state index in [1.54, 1.807) is 0 Å². The lowest BCUT2D eigenvalue weighted by Gasteiger charge is -2.38. The summed E-state index contributed by atoms with van der Waals surface area (Å²) < 4.78 is 5.01. The van der Waals surface area contributed by atoms with Crippen LogP contribution in [-0.2, 0) is 4.79 Å². The van der Waals surface area contributed by atoms with Crippen LogP contribution in [0.15, 0.2) is 6.20 Å². The minimum atomic E-state index is -0.283. The van der Waals surface area contributed by atoms with Gasteiger partial charge in [0, 0.05) is 12.6 Å². The Balaban J connectivity index is 2.30. The summed E-state index contributed by atoms with van der Waals surface area (Å²) in [5, 5.41) is 0.442. The molecular formula is C12H17ClN4O2. The number of piperidine rings is 1. The Morgan fingerprint density at radius 2 is 2.32 bits per heavy atom. The van der Waals surface area contributed by atoms with Gasteiger partial charge in [0.25, 0.3) is 0 Å². The predicted octanol–water partition coefficient (Wildman–Crippen LogP) is 1.23. The summed E-state index contributed by atoms with van der Waals surface area (Å²) in [7, 11) is 1.50. The fourth-order valence-electron chi connectivity index (χ4n) is 2.28. The number of amides is 1. The summed E-state index contributed by atoms with van der Waals surface area (Å²) in [5.41, 5.74) is 5.39. The highest BCUT2D eigenvalue weighted by Crippen LogP contribution is 2.31. The summed E-state index contributed by atoms with van der Waals surface area (Å²) in [5.74, 6) is 0.134. The first-order valence-corrected chi connectivity index (χ1v) is 6.53. The molecule has 1 aromatic heterocycles. The van der Waals surface area contributed by atoms with E-state index in [2.05, 4.69) is 16.9 Å². The number of methoxy groups -OCH3 is 1. The van der Waals surface area contributed by atoms with Gasteiger partial charge in [0.2, 0.25) is 5.91 Å². The van der Waals surface area contributed by atoms with Crippen molar-refractivity contribution in [3.05, 3.63) is 11.2 Å². The number of carbonyl (C=O) groups excluding carboxylic acids is 1. The second-order valence-corrected chi connectivity index (χ2v) is 5.11. The third kappa shape index (κ3) is 2.89. The lowest BCUT2D eigenvalue weighted by molar-refractivity contribution is -0.122. The molecule has 2 N–H and O–H groups in total. The highest BCUT2D eigenvalue weighted by Gasteiger charge is 2.30. The number of ether oxygens (including phenoxy) is 1. The maximum Gasteiger partial charge on any atom is 0.318 e. The van der Waals surface area contributed by atoms with Gasteiger partial charge in [0.15, 0.2) is 5.82 Å². The van der Waals surface area contributed by atoms with Crippen molar-refractivity contribution >= 4 is 23.3 Å². The van der Waals surface area contributed by atoms with Gasteiger partial charge >= 0.3 is 6.01 Å². The van der Waals surface area contributed by atoms with Crippen molar-refractivity contribution in [1.29, 1.82) is 0 Å². The molecule has 2 rings (SSSR count). The van der Waals surface area contributed by atoms with E-state index in [9.17, 15) is 4.79 Å². The van der Waals surface area contributed by atoms with Gasteiger partial charge in [-0.1, -0.05) is 11.6 Å². The van der Waals surface area contributed by atoms with Crippen LogP contribution in [-0.4, -0.2) is 35.6 Å². The molecule has 2 heterocycles. The quantitative estimate of drug-likeness (QED) is 0.903. The van der Waals surface area contributed by atoms with Gasteiger partial charge in [0.1, 0.15) is 5.02 Å². The zero-order chi connectivity index (χ0) is 14.0. The number of halogens is 1. The number of nitrogens with zero attached hydrogens (tertiary/aromatic N) is 3. The minimum Gasteiger partial charge on any atom is -0.467 e. The fourth-order valence-corrected chi connectivity index (χ4v) is 2.48. The Labute approximate surface area is 116 Å². The van der Waals surface area contributed by atoms with E-state index in [-0.39, 0.29) is 23.9 Å². The molecule has 1 aliphatic heterocycles. The van der Waals surface area contributed by atoms with Crippen LogP contribution in [0.5, 0.6) is 6.01 Å². The van der Waals surface area contributed by atoms with E-state index in [4.69, 9.17) is 22.1 Å². The average Bonchev–Trinajstić information content (AvgIpc) is 2.40. The molecule has 104 valence electrons. The lowest BCUT2D eigenvalue weighted by atomic mass is 9.93. The monoisotopic (exact) mass is 284 g/mol. The Bertz CT molecular complexity index is 483. The molecule has 0 bridgehead atoms. The van der Waals surface area contributed by atoms with Crippen LogP contribution in [0.2, 0.25) is 5.02 Å². The summed E-state index contributed by atoms with van der Waals surface area (Å²) in [6, 6.07) is 0.500. The largest absolute Gasteiger partial charge is 0.467 e. The summed E-state index contributed by atoms with van der Waals surface area (Å²) in [6.45, 7) is 2.60. The minimum absolute atomic E-state index is 0.173. The highest BCUT2D eigenvalue weighted by molar-refractivity contribution is 6.32. The number of carbonyl (C=O) groups is 1. The van der Waals surface area contributed by atoms with E-state index in [1.165, 1.54) is 13.3 Å². The van der Waals surface area contributed by atoms with Crippen LogP contribution in [0.1, 0.15) is 19.8 Å². The molecule has 0 aromatic carbocycles. The van der Waals surface area contributed by atoms with Gasteiger partial charge in [-0.25, -0.2) is 4.98 Å². The standard InChI is InChI=1S/C12H17ClN4O2/c1-7-3-4-8(10(14)18)6-17(7)11-9(13)5-15-12(16-11)19-2/h5,7-8H,3-4,6H2,1-2H3,(H2,14,18)/t7-,8-/m1/s1. The molecule has 0 unspecified atom stereocenters. The number of rotatable bonds is 3. The number of nitrogens with two attached hydrogens (primary N) is 1. The maximum absolute atomic E-state index is 11.4. The smallest absolute Gasteiger partial charge is 0.318 e. The molecule has 1 aromatic rings. The first kappa shape index (κ1) is 13.9. The topological polar surface area (TPSA) is 81.3 Å². The molecule has 0 aliphatic carbocycles. The van der Waals surface area contributed by atoms with Crippen molar-refractivity contribution < 1.29 is 9.53 Å². The lowest BCUT2D eigenvalue weighted by Crippen LogP contribution is -2.46. The van der Waals surface area contributed by atoms with Gasteiger partial charge in [0.05, 0.1) is 19.2 Å². The molecule has 7 heteroatoms. The van der Waals surface area contributed by atoms with Crippen molar-refractivity contribution in [2.75, 3.05) is 18.6 Å². The van der Waals surface area contributed by atoms with Crippen molar-refractivity contribution in [3.8, 4) is 6.01 Å². The van der Waals surface area contributed by atoms with Crippen LogP contribution in [0, 0.1) is 5.92 Å². The van der Waals surface area contributed by atoms with E-state index in [1.807, 2.05) is 4.90 Å². The molecule has 2 atom stereocenters. The first-order valence-electron chi connectivity index (χ1n) is 6.15. The molecule has 1 saturated heterocycles. The molecular weight excluding hydrogens is 268 g/mol. The Morgan fingerprint density at radius 1 is 1.58 bits per heavy atom.